The van der Waals surface area contributed by atoms with E-state index in [2.05, 4.69) is 26.6 Å². The lowest BCUT2D eigenvalue weighted by atomic mass is 10.0. The third-order valence-electron chi connectivity index (χ3n) is 3.88. The largest absolute Gasteiger partial charge is 0.354 e. The van der Waals surface area contributed by atoms with E-state index in [9.17, 15) is 9.59 Å². The fraction of sp³-hybridized carbons (Fsp3) is 0.300. The van der Waals surface area contributed by atoms with Gasteiger partial charge in [-0.3, -0.25) is 9.59 Å². The van der Waals surface area contributed by atoms with E-state index in [0.717, 1.165) is 10.9 Å². The first-order valence-corrected chi connectivity index (χ1v) is 9.14. The minimum Gasteiger partial charge on any atom is -0.354 e. The molecule has 2 amide bonds. The van der Waals surface area contributed by atoms with Gasteiger partial charge >= 0.3 is 0 Å². The predicted molar refractivity (Wildman–Crippen MR) is 103 cm³/mol. The highest BCUT2D eigenvalue weighted by Crippen LogP contribution is 2.12. The van der Waals surface area contributed by atoms with E-state index < -0.39 is 6.04 Å². The van der Waals surface area contributed by atoms with Crippen LogP contribution in [-0.4, -0.2) is 24.4 Å². The Bertz CT molecular complexity index is 717. The van der Waals surface area contributed by atoms with Crippen molar-refractivity contribution in [2.75, 3.05) is 6.54 Å². The molecule has 0 aliphatic rings. The molecule has 2 N–H and O–H groups in total. The standard InChI is InChI=1S/C20H23BrN2O2/c1-14(2)18(23-19(24)16-9-6-10-17(21)13-16)20(25)22-12-11-15-7-4-3-5-8-15/h3-10,13-14,18H,11-12H2,1-2H3,(H,22,25)(H,23,24). The fourth-order valence-corrected chi connectivity index (χ4v) is 2.87. The molecule has 0 aliphatic heterocycles. The Morgan fingerprint density at radius 2 is 1.76 bits per heavy atom. The van der Waals surface area contributed by atoms with Crippen molar-refractivity contribution in [1.82, 2.24) is 10.6 Å². The van der Waals surface area contributed by atoms with E-state index in [-0.39, 0.29) is 17.7 Å². The number of amides is 2. The molecular weight excluding hydrogens is 380 g/mol. The number of halogens is 1. The van der Waals surface area contributed by atoms with Crippen molar-refractivity contribution in [1.29, 1.82) is 0 Å². The van der Waals surface area contributed by atoms with Crippen LogP contribution in [-0.2, 0) is 11.2 Å². The van der Waals surface area contributed by atoms with Crippen LogP contribution in [0.25, 0.3) is 0 Å². The molecule has 132 valence electrons. The number of carbonyl (C=O) groups is 2. The second kappa shape index (κ2) is 9.37. The molecule has 25 heavy (non-hydrogen) atoms. The van der Waals surface area contributed by atoms with Crippen LogP contribution in [0.3, 0.4) is 0 Å². The van der Waals surface area contributed by atoms with Gasteiger partial charge in [0.25, 0.3) is 5.91 Å². The third-order valence-corrected chi connectivity index (χ3v) is 4.37. The highest BCUT2D eigenvalue weighted by molar-refractivity contribution is 9.10. The van der Waals surface area contributed by atoms with Crippen molar-refractivity contribution in [3.05, 3.63) is 70.2 Å². The van der Waals surface area contributed by atoms with Crippen LogP contribution in [0.5, 0.6) is 0 Å². The molecule has 0 heterocycles. The summed E-state index contributed by atoms with van der Waals surface area (Å²) in [7, 11) is 0. The van der Waals surface area contributed by atoms with Crippen molar-refractivity contribution >= 4 is 27.7 Å². The summed E-state index contributed by atoms with van der Waals surface area (Å²) < 4.78 is 0.827. The number of benzene rings is 2. The van der Waals surface area contributed by atoms with Gasteiger partial charge in [0.15, 0.2) is 0 Å². The lowest BCUT2D eigenvalue weighted by Gasteiger charge is -2.22. The van der Waals surface area contributed by atoms with Gasteiger partial charge in [-0.25, -0.2) is 0 Å². The highest BCUT2D eigenvalue weighted by Gasteiger charge is 2.24. The van der Waals surface area contributed by atoms with Gasteiger partial charge in [-0.2, -0.15) is 0 Å². The Morgan fingerprint density at radius 3 is 2.40 bits per heavy atom. The molecular formula is C20H23BrN2O2. The molecule has 0 bridgehead atoms. The molecule has 1 atom stereocenters. The average Bonchev–Trinajstić information content (AvgIpc) is 2.60. The number of hydrogen-bond donors (Lipinski definition) is 2. The van der Waals surface area contributed by atoms with Crippen LogP contribution in [0.2, 0.25) is 0 Å². The van der Waals surface area contributed by atoms with Crippen LogP contribution >= 0.6 is 15.9 Å². The number of carbonyl (C=O) groups excluding carboxylic acids is 2. The van der Waals surface area contributed by atoms with Crippen molar-refractivity contribution in [3.8, 4) is 0 Å². The van der Waals surface area contributed by atoms with Crippen molar-refractivity contribution < 1.29 is 9.59 Å². The maximum atomic E-state index is 12.5. The first-order valence-electron chi connectivity index (χ1n) is 8.35. The Kier molecular flexibility index (Phi) is 7.19. The monoisotopic (exact) mass is 402 g/mol. The Labute approximate surface area is 157 Å². The van der Waals surface area contributed by atoms with Gasteiger partial charge in [-0.05, 0) is 36.1 Å². The van der Waals surface area contributed by atoms with Gasteiger partial charge < -0.3 is 10.6 Å². The summed E-state index contributed by atoms with van der Waals surface area (Å²) in [4.78, 5) is 24.9. The zero-order valence-corrected chi connectivity index (χ0v) is 16.0. The third kappa shape index (κ3) is 6.02. The summed E-state index contributed by atoms with van der Waals surface area (Å²) in [6, 6.07) is 16.5. The molecule has 5 heteroatoms. The molecule has 0 radical (unpaired) electrons. The van der Waals surface area contributed by atoms with E-state index in [1.807, 2.05) is 50.2 Å². The minimum atomic E-state index is -0.567. The first kappa shape index (κ1) is 19.2. The van der Waals surface area contributed by atoms with Crippen LogP contribution in [0.1, 0.15) is 29.8 Å². The summed E-state index contributed by atoms with van der Waals surface area (Å²) in [5.74, 6) is -0.416. The van der Waals surface area contributed by atoms with E-state index in [4.69, 9.17) is 0 Å². The number of rotatable bonds is 7. The Hall–Kier alpha value is -2.14. The number of hydrogen-bond acceptors (Lipinski definition) is 2. The topological polar surface area (TPSA) is 58.2 Å². The van der Waals surface area contributed by atoms with E-state index in [1.54, 1.807) is 18.2 Å². The zero-order valence-electron chi connectivity index (χ0n) is 14.5. The molecule has 0 spiro atoms. The van der Waals surface area contributed by atoms with Crippen LogP contribution < -0.4 is 10.6 Å². The van der Waals surface area contributed by atoms with E-state index in [1.165, 1.54) is 5.56 Å². The molecule has 4 nitrogen and oxygen atoms in total. The maximum Gasteiger partial charge on any atom is 0.251 e. The molecule has 1 unspecified atom stereocenters. The lowest BCUT2D eigenvalue weighted by Crippen LogP contribution is -2.50. The van der Waals surface area contributed by atoms with Crippen molar-refractivity contribution in [3.63, 3.8) is 0 Å². The Balaban J connectivity index is 1.92. The van der Waals surface area contributed by atoms with Gasteiger partial charge in [-0.15, -0.1) is 0 Å². The van der Waals surface area contributed by atoms with Crippen molar-refractivity contribution in [2.24, 2.45) is 5.92 Å². The second-order valence-corrected chi connectivity index (χ2v) is 7.15. The quantitative estimate of drug-likeness (QED) is 0.743. The number of nitrogens with one attached hydrogen (secondary N) is 2. The molecule has 2 rings (SSSR count). The van der Waals surface area contributed by atoms with E-state index in [0.29, 0.717) is 12.1 Å². The summed E-state index contributed by atoms with van der Waals surface area (Å²) in [6.45, 7) is 4.38. The van der Waals surface area contributed by atoms with Gasteiger partial charge in [0.1, 0.15) is 6.04 Å². The molecule has 2 aromatic carbocycles. The van der Waals surface area contributed by atoms with Crippen LogP contribution in [0, 0.1) is 5.92 Å². The van der Waals surface area contributed by atoms with Crippen LogP contribution in [0.4, 0.5) is 0 Å². The fourth-order valence-electron chi connectivity index (χ4n) is 2.47. The highest BCUT2D eigenvalue weighted by atomic mass is 79.9. The van der Waals surface area contributed by atoms with Crippen molar-refractivity contribution in [2.45, 2.75) is 26.3 Å². The summed E-state index contributed by atoms with van der Waals surface area (Å²) in [6.07, 6.45) is 0.761. The molecule has 2 aromatic rings. The normalized spacial score (nSPS) is 11.8. The molecule has 0 aromatic heterocycles. The minimum absolute atomic E-state index is 0.00664. The SMILES string of the molecule is CC(C)C(NC(=O)c1cccc(Br)c1)C(=O)NCCc1ccccc1. The lowest BCUT2D eigenvalue weighted by molar-refractivity contribution is -0.123. The Morgan fingerprint density at radius 1 is 1.04 bits per heavy atom. The second-order valence-electron chi connectivity index (χ2n) is 6.23. The maximum absolute atomic E-state index is 12.5. The summed E-state index contributed by atoms with van der Waals surface area (Å²) >= 11 is 3.35. The first-order chi connectivity index (χ1) is 12.0. The van der Waals surface area contributed by atoms with Crippen LogP contribution in [0.15, 0.2) is 59.1 Å². The van der Waals surface area contributed by atoms with Gasteiger partial charge in [-0.1, -0.05) is 66.2 Å². The smallest absolute Gasteiger partial charge is 0.251 e. The zero-order chi connectivity index (χ0) is 18.2. The molecule has 0 saturated heterocycles. The van der Waals surface area contributed by atoms with E-state index >= 15 is 0 Å². The predicted octanol–water partition coefficient (Wildman–Crippen LogP) is 3.56. The molecule has 0 aliphatic carbocycles. The van der Waals surface area contributed by atoms with Gasteiger partial charge in [0.2, 0.25) is 5.91 Å². The van der Waals surface area contributed by atoms with Gasteiger partial charge in [0.05, 0.1) is 0 Å². The average molecular weight is 403 g/mol. The molecule has 0 saturated carbocycles. The summed E-state index contributed by atoms with van der Waals surface area (Å²) in [5.41, 5.74) is 1.69. The van der Waals surface area contributed by atoms with Gasteiger partial charge in [0, 0.05) is 16.6 Å². The summed E-state index contributed by atoms with van der Waals surface area (Å²) in [5, 5.41) is 5.75. The molecule has 0 fully saturated rings.